The van der Waals surface area contributed by atoms with Crippen LogP contribution in [-0.2, 0) is 16.2 Å². The molecule has 2 aromatic heterocycles. The summed E-state index contributed by atoms with van der Waals surface area (Å²) >= 11 is 1.15. The minimum atomic E-state index is -4.81. The number of nitrogens with zero attached hydrogens (tertiary/aromatic N) is 4. The smallest absolute Gasteiger partial charge is 0.336 e. The monoisotopic (exact) mass is 484 g/mol. The molecule has 0 bridgehead atoms. The average Bonchev–Trinajstić information content (AvgIpc) is 3.41. The molecule has 1 aliphatic rings. The SMILES string of the molecule is Cc1ccc(S(=O)(=O)N2CCN(C(=O)c3cnn(-c4ccccc4)c3C(F)(F)F)CC2)s1. The third-order valence-corrected chi connectivity index (χ3v) is 8.47. The first kappa shape index (κ1) is 22.5. The summed E-state index contributed by atoms with van der Waals surface area (Å²) in [6, 6.07) is 11.0. The molecule has 0 radical (unpaired) electrons. The number of hydrogen-bond acceptors (Lipinski definition) is 5. The highest BCUT2D eigenvalue weighted by molar-refractivity contribution is 7.91. The standard InChI is InChI=1S/C20H19F3N4O3S2/c1-14-7-8-17(31-14)32(29,30)26-11-9-25(10-12-26)19(28)16-13-24-27(18(16)20(21,22)23)15-5-3-2-4-6-15/h2-8,13H,9-12H2,1H3. The minimum Gasteiger partial charge on any atom is -0.336 e. The molecule has 32 heavy (non-hydrogen) atoms. The summed E-state index contributed by atoms with van der Waals surface area (Å²) in [7, 11) is -3.70. The number of carbonyl (C=O) groups is 1. The number of alkyl halides is 3. The van der Waals surface area contributed by atoms with Crippen LogP contribution in [0.2, 0.25) is 0 Å². The number of para-hydroxylation sites is 1. The molecule has 170 valence electrons. The molecule has 12 heteroatoms. The first-order valence-electron chi connectivity index (χ1n) is 9.65. The molecule has 1 fully saturated rings. The van der Waals surface area contributed by atoms with Gasteiger partial charge in [0, 0.05) is 31.1 Å². The van der Waals surface area contributed by atoms with Crippen molar-refractivity contribution in [2.75, 3.05) is 26.2 Å². The Balaban J connectivity index is 1.56. The molecule has 1 aromatic carbocycles. The van der Waals surface area contributed by atoms with Crippen LogP contribution >= 0.6 is 11.3 Å². The summed E-state index contributed by atoms with van der Waals surface area (Å²) in [6.45, 7) is 1.76. The molecule has 0 unspecified atom stereocenters. The maximum absolute atomic E-state index is 13.8. The zero-order valence-corrected chi connectivity index (χ0v) is 18.5. The Hall–Kier alpha value is -2.70. The molecule has 0 atom stereocenters. The zero-order chi connectivity index (χ0) is 23.1. The molecule has 1 saturated heterocycles. The van der Waals surface area contributed by atoms with Gasteiger partial charge in [0.15, 0.2) is 5.69 Å². The van der Waals surface area contributed by atoms with E-state index in [1.807, 2.05) is 0 Å². The molecule has 0 spiro atoms. The van der Waals surface area contributed by atoms with Gasteiger partial charge in [-0.2, -0.15) is 22.6 Å². The average molecular weight is 485 g/mol. The third-order valence-electron chi connectivity index (χ3n) is 5.10. The van der Waals surface area contributed by atoms with E-state index < -0.39 is 33.4 Å². The highest BCUT2D eigenvalue weighted by atomic mass is 32.2. The maximum Gasteiger partial charge on any atom is 0.434 e. The predicted octanol–water partition coefficient (Wildman–Crippen LogP) is 3.41. The zero-order valence-electron chi connectivity index (χ0n) is 16.9. The van der Waals surface area contributed by atoms with Crippen LogP contribution in [0.15, 0.2) is 52.9 Å². The van der Waals surface area contributed by atoms with Gasteiger partial charge in [0.25, 0.3) is 15.9 Å². The summed E-state index contributed by atoms with van der Waals surface area (Å²) in [6.07, 6.45) is -3.89. The number of hydrogen-bond donors (Lipinski definition) is 0. The van der Waals surface area contributed by atoms with Gasteiger partial charge >= 0.3 is 6.18 Å². The van der Waals surface area contributed by atoms with Crippen LogP contribution in [0.25, 0.3) is 5.69 Å². The van der Waals surface area contributed by atoms with Crippen LogP contribution in [0.1, 0.15) is 20.9 Å². The largest absolute Gasteiger partial charge is 0.434 e. The second-order valence-corrected chi connectivity index (χ2v) is 10.7. The molecule has 0 saturated carbocycles. The molecule has 1 amide bonds. The van der Waals surface area contributed by atoms with E-state index in [1.165, 1.54) is 27.4 Å². The number of carbonyl (C=O) groups excluding carboxylic acids is 1. The van der Waals surface area contributed by atoms with Gasteiger partial charge in [-0.1, -0.05) is 18.2 Å². The lowest BCUT2D eigenvalue weighted by Crippen LogP contribution is -2.50. The Bertz CT molecular complexity index is 1230. The maximum atomic E-state index is 13.8. The highest BCUT2D eigenvalue weighted by Crippen LogP contribution is 2.34. The number of amides is 1. The van der Waals surface area contributed by atoms with E-state index in [1.54, 1.807) is 31.2 Å². The fourth-order valence-electron chi connectivity index (χ4n) is 3.52. The summed E-state index contributed by atoms with van der Waals surface area (Å²) in [4.78, 5) is 15.0. The van der Waals surface area contributed by atoms with Gasteiger partial charge in [-0.15, -0.1) is 11.3 Å². The van der Waals surface area contributed by atoms with Gasteiger partial charge in [0.1, 0.15) is 4.21 Å². The first-order chi connectivity index (χ1) is 15.1. The molecule has 0 N–H and O–H groups in total. The Morgan fingerprint density at radius 1 is 1.03 bits per heavy atom. The van der Waals surface area contributed by atoms with Crippen LogP contribution in [0.4, 0.5) is 13.2 Å². The Labute approximate surface area is 186 Å². The number of rotatable bonds is 4. The van der Waals surface area contributed by atoms with Crippen LogP contribution in [0, 0.1) is 6.92 Å². The van der Waals surface area contributed by atoms with Gasteiger partial charge in [0.2, 0.25) is 0 Å². The van der Waals surface area contributed by atoms with Crippen LogP contribution in [0.5, 0.6) is 0 Å². The van der Waals surface area contributed by atoms with Crippen molar-refractivity contribution in [2.24, 2.45) is 0 Å². The minimum absolute atomic E-state index is 0.000799. The van der Waals surface area contributed by atoms with Crippen molar-refractivity contribution < 1.29 is 26.4 Å². The molecule has 1 aliphatic heterocycles. The van der Waals surface area contributed by atoms with Crippen LogP contribution in [-0.4, -0.2) is 59.5 Å². The molecule has 3 heterocycles. The number of sulfonamides is 1. The van der Waals surface area contributed by atoms with E-state index in [2.05, 4.69) is 5.10 Å². The number of benzene rings is 1. The van der Waals surface area contributed by atoms with Gasteiger partial charge in [0.05, 0.1) is 17.4 Å². The van der Waals surface area contributed by atoms with E-state index in [-0.39, 0.29) is 36.1 Å². The summed E-state index contributed by atoms with van der Waals surface area (Å²) < 4.78 is 69.2. The van der Waals surface area contributed by atoms with Crippen molar-refractivity contribution in [3.8, 4) is 5.69 Å². The normalized spacial score (nSPS) is 15.8. The topological polar surface area (TPSA) is 75.5 Å². The summed E-state index contributed by atoms with van der Waals surface area (Å²) in [5.41, 5.74) is -1.54. The lowest BCUT2D eigenvalue weighted by Gasteiger charge is -2.33. The van der Waals surface area contributed by atoms with Crippen LogP contribution in [0.3, 0.4) is 0 Å². The molecule has 0 aliphatic carbocycles. The van der Waals surface area contributed by atoms with E-state index in [0.29, 0.717) is 4.68 Å². The van der Waals surface area contributed by atoms with Crippen LogP contribution < -0.4 is 0 Å². The summed E-state index contributed by atoms with van der Waals surface area (Å²) in [5, 5.41) is 3.81. The Morgan fingerprint density at radius 2 is 1.69 bits per heavy atom. The Kier molecular flexibility index (Phi) is 5.86. The van der Waals surface area contributed by atoms with Gasteiger partial charge < -0.3 is 4.90 Å². The fraction of sp³-hybridized carbons (Fsp3) is 0.300. The van der Waals surface area contributed by atoms with Crippen molar-refractivity contribution in [1.82, 2.24) is 19.0 Å². The van der Waals surface area contributed by atoms with Crippen molar-refractivity contribution in [3.63, 3.8) is 0 Å². The fourth-order valence-corrected chi connectivity index (χ4v) is 6.38. The van der Waals surface area contributed by atoms with Crippen molar-refractivity contribution in [1.29, 1.82) is 0 Å². The molecule has 3 aromatic rings. The lowest BCUT2D eigenvalue weighted by atomic mass is 10.2. The molecular weight excluding hydrogens is 465 g/mol. The quantitative estimate of drug-likeness (QED) is 0.569. The van der Waals surface area contributed by atoms with Crippen molar-refractivity contribution >= 4 is 27.3 Å². The highest BCUT2D eigenvalue weighted by Gasteiger charge is 2.42. The van der Waals surface area contributed by atoms with Gasteiger partial charge in [-0.3, -0.25) is 4.79 Å². The predicted molar refractivity (Wildman–Crippen MR) is 112 cm³/mol. The Morgan fingerprint density at radius 3 is 2.25 bits per heavy atom. The first-order valence-corrected chi connectivity index (χ1v) is 11.9. The van der Waals surface area contributed by atoms with E-state index in [0.717, 1.165) is 22.4 Å². The number of thiophene rings is 1. The molecule has 7 nitrogen and oxygen atoms in total. The van der Waals surface area contributed by atoms with Gasteiger partial charge in [-0.05, 0) is 31.2 Å². The number of halogens is 3. The van der Waals surface area contributed by atoms with Gasteiger partial charge in [-0.25, -0.2) is 13.1 Å². The van der Waals surface area contributed by atoms with E-state index in [4.69, 9.17) is 0 Å². The molecule has 4 rings (SSSR count). The van der Waals surface area contributed by atoms with Crippen molar-refractivity contribution in [2.45, 2.75) is 17.3 Å². The number of piperazine rings is 1. The number of aromatic nitrogens is 2. The second kappa shape index (κ2) is 8.34. The van der Waals surface area contributed by atoms with E-state index >= 15 is 0 Å². The second-order valence-electron chi connectivity index (χ2n) is 7.21. The lowest BCUT2D eigenvalue weighted by molar-refractivity contribution is -0.143. The summed E-state index contributed by atoms with van der Waals surface area (Å²) in [5.74, 6) is -0.830. The van der Waals surface area contributed by atoms with Crippen molar-refractivity contribution in [3.05, 3.63) is 64.8 Å². The van der Waals surface area contributed by atoms with E-state index in [9.17, 15) is 26.4 Å². The number of aryl methyl sites for hydroxylation is 1. The molecular formula is C20H19F3N4O3S2. The third kappa shape index (κ3) is 4.17.